The van der Waals surface area contributed by atoms with E-state index in [2.05, 4.69) is 41.7 Å². The van der Waals surface area contributed by atoms with Crippen molar-refractivity contribution in [1.82, 2.24) is 59.1 Å². The standard InChI is InChI=1S/C61H79N19O11/c1-8-79-45(28-36(5)73-79)55(84)71-59-69-43-30-39(52(63)81)32-47(89-7)50(43)77(59)21-10-11-22-78-51-44(70-60(78)72-56(85)46-29-37(6)74-80(46)9-2)31-40(53(64)82)33-48(51)90-27-13-20-75-23-25-76(26-24-75)61(88)91-34-38-15-17-41(18-16-38)67-54(83)42(14-12-19-66-58(65)87)68-57(86)49(62)35(3)4/h10-11,15-18,28-33,35,42,49H,8-9,12-14,19-27,34,62H2,1-7H3,(H2,63,81)(H2,64,82)(H,67,83)(H,68,86)(H3,65,66,87)(H,69,71,84)(H,70,72,85)/b11-10+/t42-,49+/m0/s1. The van der Waals surface area contributed by atoms with Gasteiger partial charge in [-0.25, -0.2) is 19.6 Å². The molecule has 91 heavy (non-hydrogen) atoms. The molecule has 9 amide bonds. The van der Waals surface area contributed by atoms with E-state index < -0.39 is 59.7 Å². The van der Waals surface area contributed by atoms with Crippen LogP contribution in [-0.4, -0.2) is 161 Å². The van der Waals surface area contributed by atoms with Crippen molar-refractivity contribution in [1.29, 1.82) is 0 Å². The number of ether oxygens (including phenoxy) is 3. The molecule has 30 heteroatoms. The van der Waals surface area contributed by atoms with Crippen LogP contribution in [0, 0.1) is 19.8 Å². The Morgan fingerprint density at radius 1 is 0.681 bits per heavy atom. The summed E-state index contributed by atoms with van der Waals surface area (Å²) in [5.74, 6) is -2.64. The SMILES string of the molecule is CCn1nc(C)cc1C(=O)Nc1nc2cc(C(N)=O)cc(OC)c2n1C/C=C/Cn1c(NC(=O)c2cc(C)nn2CC)nc2cc(C(N)=O)cc(OCCCN3CCN(C(=O)OCc4ccc(NC(=O)[C@H](CCCNC(N)=O)NC(=O)[C@H](N)C(C)C)cc4)CC3)c21. The molecule has 0 saturated carbocycles. The lowest BCUT2D eigenvalue weighted by Gasteiger charge is -2.34. The molecule has 484 valence electrons. The van der Waals surface area contributed by atoms with Gasteiger partial charge in [0, 0.05) is 82.3 Å². The van der Waals surface area contributed by atoms with E-state index in [4.69, 9.17) is 47.1 Å². The van der Waals surface area contributed by atoms with Gasteiger partial charge in [0.2, 0.25) is 35.5 Å². The number of aromatic nitrogens is 8. The van der Waals surface area contributed by atoms with E-state index >= 15 is 0 Å². The number of piperazine rings is 1. The van der Waals surface area contributed by atoms with Gasteiger partial charge >= 0.3 is 12.1 Å². The quantitative estimate of drug-likeness (QED) is 0.0236. The average molecular weight is 1250 g/mol. The second kappa shape index (κ2) is 30.2. The molecule has 5 heterocycles. The summed E-state index contributed by atoms with van der Waals surface area (Å²) in [6.07, 6.45) is 4.28. The number of primary amides is 3. The number of hydrogen-bond acceptors (Lipinski definition) is 17. The summed E-state index contributed by atoms with van der Waals surface area (Å²) >= 11 is 0. The van der Waals surface area contributed by atoms with Crippen LogP contribution in [0.2, 0.25) is 0 Å². The van der Waals surface area contributed by atoms with Crippen molar-refractivity contribution in [3.63, 3.8) is 0 Å². The molecule has 13 N–H and O–H groups in total. The minimum Gasteiger partial charge on any atom is -0.494 e. The summed E-state index contributed by atoms with van der Waals surface area (Å²) in [6, 6.07) is 13.7. The molecule has 0 bridgehead atoms. The van der Waals surface area contributed by atoms with Gasteiger partial charge in [0.1, 0.15) is 46.6 Å². The van der Waals surface area contributed by atoms with Crippen LogP contribution < -0.4 is 59.0 Å². The molecule has 0 spiro atoms. The Morgan fingerprint density at radius 2 is 1.22 bits per heavy atom. The van der Waals surface area contributed by atoms with E-state index in [1.165, 1.54) is 31.4 Å². The highest BCUT2D eigenvalue weighted by atomic mass is 16.6. The van der Waals surface area contributed by atoms with Crippen LogP contribution >= 0.6 is 0 Å². The van der Waals surface area contributed by atoms with Gasteiger partial charge in [-0.3, -0.25) is 53.7 Å². The first kappa shape index (κ1) is 66.6. The Morgan fingerprint density at radius 3 is 1.73 bits per heavy atom. The molecule has 0 aliphatic carbocycles. The molecule has 0 unspecified atom stereocenters. The fourth-order valence-corrected chi connectivity index (χ4v) is 10.3. The molecule has 7 aromatic rings. The van der Waals surface area contributed by atoms with Crippen molar-refractivity contribution in [3.8, 4) is 11.5 Å². The van der Waals surface area contributed by atoms with E-state index in [0.717, 1.165) is 0 Å². The molecule has 1 saturated heterocycles. The number of carbonyl (C=O) groups is 8. The highest BCUT2D eigenvalue weighted by Crippen LogP contribution is 2.33. The number of urea groups is 1. The van der Waals surface area contributed by atoms with E-state index in [9.17, 15) is 38.4 Å². The van der Waals surface area contributed by atoms with Gasteiger partial charge in [0.25, 0.3) is 11.8 Å². The number of carbonyl (C=O) groups excluding carboxylic acids is 8. The topological polar surface area (TPSA) is 406 Å². The van der Waals surface area contributed by atoms with E-state index in [0.29, 0.717) is 115 Å². The molecule has 1 fully saturated rings. The lowest BCUT2D eigenvalue weighted by Crippen LogP contribution is -2.51. The molecule has 1 aliphatic rings. The Balaban J connectivity index is 0.926. The van der Waals surface area contributed by atoms with Gasteiger partial charge in [0.15, 0.2) is 0 Å². The number of benzene rings is 3. The number of amides is 9. The maximum absolute atomic E-state index is 14.0. The maximum Gasteiger partial charge on any atom is 0.410 e. The lowest BCUT2D eigenvalue weighted by atomic mass is 10.0. The van der Waals surface area contributed by atoms with Crippen LogP contribution in [0.25, 0.3) is 22.1 Å². The third-order valence-electron chi connectivity index (χ3n) is 15.2. The van der Waals surface area contributed by atoms with E-state index in [1.807, 2.05) is 26.0 Å². The number of fused-ring (bicyclic) bond motifs is 2. The van der Waals surface area contributed by atoms with Crippen LogP contribution in [-0.2, 0) is 47.1 Å². The van der Waals surface area contributed by atoms with Crippen molar-refractivity contribution >= 4 is 87.2 Å². The number of nitrogens with one attached hydrogen (secondary N) is 5. The predicted molar refractivity (Wildman–Crippen MR) is 338 cm³/mol. The highest BCUT2D eigenvalue weighted by molar-refractivity contribution is 6.06. The van der Waals surface area contributed by atoms with Gasteiger partial charge in [0.05, 0.1) is 42.2 Å². The number of nitrogens with zero attached hydrogens (tertiary/aromatic N) is 10. The highest BCUT2D eigenvalue weighted by Gasteiger charge is 2.28. The smallest absolute Gasteiger partial charge is 0.410 e. The van der Waals surface area contributed by atoms with Crippen molar-refractivity contribution in [2.75, 3.05) is 68.9 Å². The second-order valence-electron chi connectivity index (χ2n) is 22.1. The number of anilines is 3. The summed E-state index contributed by atoms with van der Waals surface area (Å²) in [5, 5.41) is 22.7. The first-order valence-corrected chi connectivity index (χ1v) is 29.9. The van der Waals surface area contributed by atoms with Crippen molar-refractivity contribution in [3.05, 3.63) is 112 Å². The second-order valence-corrected chi connectivity index (χ2v) is 22.1. The first-order valence-electron chi connectivity index (χ1n) is 29.9. The normalized spacial score (nSPS) is 13.3. The summed E-state index contributed by atoms with van der Waals surface area (Å²) in [6.45, 7) is 14.9. The number of methoxy groups -OCH3 is 1. The fourth-order valence-electron chi connectivity index (χ4n) is 10.3. The third kappa shape index (κ3) is 16.7. The number of aryl methyl sites for hydroxylation is 4. The van der Waals surface area contributed by atoms with Gasteiger partial charge in [-0.2, -0.15) is 10.2 Å². The molecule has 1 aliphatic heterocycles. The van der Waals surface area contributed by atoms with Crippen LogP contribution in [0.3, 0.4) is 0 Å². The molecule has 4 aromatic heterocycles. The van der Waals surface area contributed by atoms with Crippen LogP contribution in [0.4, 0.5) is 27.2 Å². The average Bonchev–Trinajstić information content (AvgIpc) is 1.65. The predicted octanol–water partition coefficient (Wildman–Crippen LogP) is 3.98. The number of rotatable bonds is 29. The molecule has 8 rings (SSSR count). The summed E-state index contributed by atoms with van der Waals surface area (Å²) < 4.78 is 24.5. The van der Waals surface area contributed by atoms with Crippen molar-refractivity contribution in [2.45, 2.75) is 106 Å². The number of hydrogen-bond donors (Lipinski definition) is 9. The molecule has 2 atom stereocenters. The Kier molecular flexibility index (Phi) is 22.1. The van der Waals surface area contributed by atoms with E-state index in [1.54, 1.807) is 87.5 Å². The lowest BCUT2D eigenvalue weighted by molar-refractivity contribution is -0.128. The zero-order chi connectivity index (χ0) is 65.6. The van der Waals surface area contributed by atoms with Crippen molar-refractivity contribution in [2.24, 2.45) is 28.9 Å². The minimum absolute atomic E-state index is 0.0176. The van der Waals surface area contributed by atoms with Crippen LogP contribution in [0.5, 0.6) is 11.5 Å². The van der Waals surface area contributed by atoms with Crippen molar-refractivity contribution < 1.29 is 52.6 Å². The number of allylic oxidation sites excluding steroid dienone is 2. The number of nitrogens with two attached hydrogens (primary N) is 4. The summed E-state index contributed by atoms with van der Waals surface area (Å²) in [5.41, 5.74) is 27.6. The zero-order valence-corrected chi connectivity index (χ0v) is 52.0. The third-order valence-corrected chi connectivity index (χ3v) is 15.2. The van der Waals surface area contributed by atoms with E-state index in [-0.39, 0.29) is 79.7 Å². The Labute approximate surface area is 524 Å². The summed E-state index contributed by atoms with van der Waals surface area (Å²) in [4.78, 5) is 117. The fraction of sp³-hybridized carbons (Fsp3) is 0.410. The maximum atomic E-state index is 14.0. The zero-order valence-electron chi connectivity index (χ0n) is 52.0. The Bertz CT molecular complexity index is 3860. The van der Waals surface area contributed by atoms with Crippen LogP contribution in [0.15, 0.2) is 72.8 Å². The molecule has 0 radical (unpaired) electrons. The minimum atomic E-state index is -0.934. The van der Waals surface area contributed by atoms with Gasteiger partial charge in [-0.05, 0) is 107 Å². The number of imidazole rings is 2. The molecular formula is C61H79N19O11. The Hall–Kier alpha value is -10.4. The van der Waals surface area contributed by atoms with Gasteiger partial charge in [-0.1, -0.05) is 38.1 Å². The monoisotopic (exact) mass is 1250 g/mol. The molecule has 3 aromatic carbocycles. The largest absolute Gasteiger partial charge is 0.494 e. The summed E-state index contributed by atoms with van der Waals surface area (Å²) in [7, 11) is 1.45. The molecular weight excluding hydrogens is 1170 g/mol. The van der Waals surface area contributed by atoms with Gasteiger partial charge in [-0.15, -0.1) is 0 Å². The molecule has 30 nitrogen and oxygen atoms in total. The van der Waals surface area contributed by atoms with Gasteiger partial charge < -0.3 is 67.1 Å². The van der Waals surface area contributed by atoms with Crippen LogP contribution in [0.1, 0.15) is 106 Å². The first-order chi connectivity index (χ1) is 43.5.